The Kier molecular flexibility index (Phi) is 4.00. The van der Waals surface area contributed by atoms with Crippen LogP contribution in [0.25, 0.3) is 0 Å². The van der Waals surface area contributed by atoms with E-state index in [2.05, 4.69) is 17.9 Å². The lowest BCUT2D eigenvalue weighted by Crippen LogP contribution is -2.50. The zero-order valence-electron chi connectivity index (χ0n) is 10.5. The first kappa shape index (κ1) is 12.1. The highest BCUT2D eigenvalue weighted by molar-refractivity contribution is 7.12. The van der Waals surface area contributed by atoms with E-state index in [0.717, 1.165) is 19.8 Å². The Hall–Kier alpha value is -0.380. The van der Waals surface area contributed by atoms with Crippen LogP contribution in [0.15, 0.2) is 6.07 Å². The fourth-order valence-corrected chi connectivity index (χ4v) is 3.35. The molecular weight excluding hydrogens is 218 g/mol. The second-order valence-corrected chi connectivity index (χ2v) is 5.56. The van der Waals surface area contributed by atoms with Crippen LogP contribution >= 0.6 is 11.3 Å². The summed E-state index contributed by atoms with van der Waals surface area (Å²) in [5, 5.41) is 0. The lowest BCUT2D eigenvalue weighted by molar-refractivity contribution is -0.0690. The van der Waals surface area contributed by atoms with Gasteiger partial charge in [0.15, 0.2) is 0 Å². The topological polar surface area (TPSA) is 12.5 Å². The second-order valence-electron chi connectivity index (χ2n) is 4.22. The molecule has 1 saturated heterocycles. The van der Waals surface area contributed by atoms with Crippen LogP contribution in [0, 0.1) is 6.92 Å². The number of thiophene rings is 1. The molecule has 0 N–H and O–H groups in total. The summed E-state index contributed by atoms with van der Waals surface area (Å²) in [7, 11) is 0. The summed E-state index contributed by atoms with van der Waals surface area (Å²) in [4.78, 5) is 5.62. The molecule has 90 valence electrons. The molecule has 0 bridgehead atoms. The molecule has 0 radical (unpaired) electrons. The summed E-state index contributed by atoms with van der Waals surface area (Å²) in [5.74, 6) is 0. The maximum absolute atomic E-state index is 5.24. The van der Waals surface area contributed by atoms with Gasteiger partial charge in [-0.2, -0.15) is 0 Å². The van der Waals surface area contributed by atoms with Crippen molar-refractivity contribution in [3.63, 3.8) is 0 Å². The van der Waals surface area contributed by atoms with Gasteiger partial charge in [-0.15, -0.1) is 11.3 Å². The third kappa shape index (κ3) is 2.31. The maximum atomic E-state index is 5.24. The quantitative estimate of drug-likeness (QED) is 0.747. The smallest absolute Gasteiger partial charge is 0.0645 e. The fraction of sp³-hybridized carbons (Fsp3) is 0.692. The van der Waals surface area contributed by atoms with Crippen molar-refractivity contribution >= 4 is 11.3 Å². The number of hydrogen-bond donors (Lipinski definition) is 0. The van der Waals surface area contributed by atoms with E-state index in [1.54, 1.807) is 10.4 Å². The van der Waals surface area contributed by atoms with Crippen LogP contribution in [-0.2, 0) is 17.7 Å². The first-order valence-corrected chi connectivity index (χ1v) is 7.04. The highest BCUT2D eigenvalue weighted by atomic mass is 32.1. The molecule has 16 heavy (non-hydrogen) atoms. The van der Waals surface area contributed by atoms with Crippen molar-refractivity contribution in [3.05, 3.63) is 21.4 Å². The standard InChI is InChI=1S/C11H15NOS.C2H6/c1-8-4-9-2-3-12(5-11(9)14-8)10-6-13-7-10;1-2/h4,10H,2-3,5-7H2,1H3;1-2H3. The van der Waals surface area contributed by atoms with Crippen LogP contribution in [0.1, 0.15) is 29.2 Å². The summed E-state index contributed by atoms with van der Waals surface area (Å²) in [6, 6.07) is 3.06. The van der Waals surface area contributed by atoms with Crippen LogP contribution in [0.3, 0.4) is 0 Å². The molecule has 3 rings (SSSR count). The molecule has 0 aromatic carbocycles. The summed E-state index contributed by atoms with van der Waals surface area (Å²) in [6.45, 7) is 10.5. The first-order valence-electron chi connectivity index (χ1n) is 6.23. The minimum absolute atomic E-state index is 0.700. The van der Waals surface area contributed by atoms with Crippen molar-refractivity contribution in [2.24, 2.45) is 0 Å². The van der Waals surface area contributed by atoms with Gasteiger partial charge in [0.25, 0.3) is 0 Å². The zero-order valence-corrected chi connectivity index (χ0v) is 11.3. The van der Waals surface area contributed by atoms with E-state index in [9.17, 15) is 0 Å². The molecular formula is C13H21NOS. The monoisotopic (exact) mass is 239 g/mol. The third-order valence-corrected chi connectivity index (χ3v) is 4.25. The summed E-state index contributed by atoms with van der Waals surface area (Å²) < 4.78 is 5.24. The molecule has 2 nitrogen and oxygen atoms in total. The van der Waals surface area contributed by atoms with Crippen molar-refractivity contribution in [2.45, 2.75) is 39.8 Å². The van der Waals surface area contributed by atoms with Gasteiger partial charge in [0.05, 0.1) is 19.3 Å². The van der Waals surface area contributed by atoms with Crippen molar-refractivity contribution in [1.82, 2.24) is 4.90 Å². The lowest BCUT2D eigenvalue weighted by Gasteiger charge is -2.39. The van der Waals surface area contributed by atoms with Crippen molar-refractivity contribution in [3.8, 4) is 0 Å². The van der Waals surface area contributed by atoms with E-state index >= 15 is 0 Å². The first-order chi connectivity index (χ1) is 7.83. The van der Waals surface area contributed by atoms with Gasteiger partial charge < -0.3 is 4.74 Å². The Balaban J connectivity index is 0.000000457. The van der Waals surface area contributed by atoms with E-state index in [-0.39, 0.29) is 0 Å². The Morgan fingerprint density at radius 2 is 2.12 bits per heavy atom. The van der Waals surface area contributed by atoms with Crippen molar-refractivity contribution < 1.29 is 4.74 Å². The van der Waals surface area contributed by atoms with E-state index in [1.165, 1.54) is 17.8 Å². The third-order valence-electron chi connectivity index (χ3n) is 3.17. The van der Waals surface area contributed by atoms with Crippen LogP contribution in [0.2, 0.25) is 0 Å². The number of nitrogens with zero attached hydrogens (tertiary/aromatic N) is 1. The molecule has 2 aliphatic heterocycles. The second kappa shape index (κ2) is 5.30. The lowest BCUT2D eigenvalue weighted by atomic mass is 10.1. The van der Waals surface area contributed by atoms with Gasteiger partial charge in [0.1, 0.15) is 0 Å². The van der Waals surface area contributed by atoms with Crippen molar-refractivity contribution in [1.29, 1.82) is 0 Å². The summed E-state index contributed by atoms with van der Waals surface area (Å²) >= 11 is 1.96. The van der Waals surface area contributed by atoms with Gasteiger partial charge in [-0.25, -0.2) is 0 Å². The molecule has 3 heteroatoms. The number of hydrogen-bond acceptors (Lipinski definition) is 3. The molecule has 0 atom stereocenters. The highest BCUT2D eigenvalue weighted by Gasteiger charge is 2.29. The average Bonchev–Trinajstić information content (AvgIpc) is 2.58. The maximum Gasteiger partial charge on any atom is 0.0645 e. The van der Waals surface area contributed by atoms with Crippen LogP contribution < -0.4 is 0 Å². The minimum Gasteiger partial charge on any atom is -0.378 e. The number of aryl methyl sites for hydroxylation is 1. The van der Waals surface area contributed by atoms with E-state index in [0.29, 0.717) is 6.04 Å². The van der Waals surface area contributed by atoms with Gasteiger partial charge in [-0.3, -0.25) is 4.90 Å². The van der Waals surface area contributed by atoms with Crippen LogP contribution in [0.5, 0.6) is 0 Å². The molecule has 3 heterocycles. The highest BCUT2D eigenvalue weighted by Crippen LogP contribution is 2.29. The molecule has 0 spiro atoms. The van der Waals surface area contributed by atoms with Gasteiger partial charge in [0.2, 0.25) is 0 Å². The summed E-state index contributed by atoms with van der Waals surface area (Å²) in [5.41, 5.74) is 1.59. The van der Waals surface area contributed by atoms with Gasteiger partial charge in [-0.1, -0.05) is 13.8 Å². The van der Waals surface area contributed by atoms with Crippen LogP contribution in [-0.4, -0.2) is 30.7 Å². The predicted molar refractivity (Wildman–Crippen MR) is 69.1 cm³/mol. The molecule has 0 unspecified atom stereocenters. The Labute approximate surface area is 102 Å². The van der Waals surface area contributed by atoms with Gasteiger partial charge in [-0.05, 0) is 25.0 Å². The Morgan fingerprint density at radius 3 is 2.75 bits per heavy atom. The molecule has 1 aromatic rings. The molecule has 2 aliphatic rings. The van der Waals surface area contributed by atoms with E-state index in [4.69, 9.17) is 4.74 Å². The Bertz CT molecular complexity index is 344. The zero-order chi connectivity index (χ0) is 11.5. The molecule has 0 aliphatic carbocycles. The predicted octanol–water partition coefficient (Wildman–Crippen LogP) is 2.84. The average molecular weight is 239 g/mol. The molecule has 1 aromatic heterocycles. The molecule has 0 amide bonds. The van der Waals surface area contributed by atoms with E-state index < -0.39 is 0 Å². The number of ether oxygens (including phenoxy) is 1. The van der Waals surface area contributed by atoms with E-state index in [1.807, 2.05) is 25.2 Å². The normalized spacial score (nSPS) is 20.7. The van der Waals surface area contributed by atoms with Crippen molar-refractivity contribution in [2.75, 3.05) is 19.8 Å². The SMILES string of the molecule is CC.Cc1cc2c(s1)CN(C1COC1)CC2. The molecule has 0 saturated carbocycles. The van der Waals surface area contributed by atoms with Crippen LogP contribution in [0.4, 0.5) is 0 Å². The number of rotatable bonds is 1. The fourth-order valence-electron chi connectivity index (χ4n) is 2.23. The molecule has 1 fully saturated rings. The largest absolute Gasteiger partial charge is 0.378 e. The summed E-state index contributed by atoms with van der Waals surface area (Å²) in [6.07, 6.45) is 1.23. The minimum atomic E-state index is 0.700. The number of fused-ring (bicyclic) bond motifs is 1. The van der Waals surface area contributed by atoms with Gasteiger partial charge in [0, 0.05) is 22.8 Å². The van der Waals surface area contributed by atoms with Gasteiger partial charge >= 0.3 is 0 Å². The Morgan fingerprint density at radius 1 is 1.38 bits per heavy atom.